The number of benzene rings is 2. The summed E-state index contributed by atoms with van der Waals surface area (Å²) in [6.45, 7) is -0.564. The second-order valence-electron chi connectivity index (χ2n) is 6.59. The predicted octanol–water partition coefficient (Wildman–Crippen LogP) is 2.80. The Morgan fingerprint density at radius 2 is 1.87 bits per heavy atom. The van der Waals surface area contributed by atoms with Crippen LogP contribution in [0.15, 0.2) is 40.9 Å². The smallest absolute Gasteiger partial charge is 0.326 e. The normalized spacial score (nSPS) is 18.2. The molecule has 30 heavy (non-hydrogen) atoms. The Balaban J connectivity index is 2.23. The first-order valence-corrected chi connectivity index (χ1v) is 9.31. The number of aliphatic carboxylic acids is 1. The minimum Gasteiger partial charge on any atom is -0.481 e. The monoisotopic (exact) mass is 481 g/mol. The van der Waals surface area contributed by atoms with Crippen LogP contribution >= 0.6 is 15.9 Å². The number of imide groups is 1. The largest absolute Gasteiger partial charge is 0.481 e. The molecule has 3 rings (SSSR count). The number of carbonyl (C=O) groups excluding carboxylic acids is 3. The molecule has 1 heterocycles. The summed E-state index contributed by atoms with van der Waals surface area (Å²) >= 11 is 3.10. The van der Waals surface area contributed by atoms with E-state index in [-0.39, 0.29) is 11.1 Å². The van der Waals surface area contributed by atoms with Crippen molar-refractivity contribution in [2.75, 3.05) is 7.11 Å². The van der Waals surface area contributed by atoms with Crippen LogP contribution in [0.2, 0.25) is 0 Å². The summed E-state index contributed by atoms with van der Waals surface area (Å²) in [5, 5.41) is 9.38. The first-order chi connectivity index (χ1) is 14.1. The lowest BCUT2D eigenvalue weighted by atomic mass is 9.71. The minimum atomic E-state index is -2.50. The fourth-order valence-corrected chi connectivity index (χ4v) is 3.78. The quantitative estimate of drug-likeness (QED) is 0.400. The maximum atomic E-state index is 14.3. The Kier molecular flexibility index (Phi) is 5.71. The summed E-state index contributed by atoms with van der Waals surface area (Å²) in [5.41, 5.74) is -3.20. The Bertz CT molecular complexity index is 1090. The van der Waals surface area contributed by atoms with Crippen molar-refractivity contribution in [2.24, 2.45) is 0 Å². The van der Waals surface area contributed by atoms with Gasteiger partial charge in [0.1, 0.15) is 11.6 Å². The molecule has 156 valence electrons. The third-order valence-corrected chi connectivity index (χ3v) is 5.31. The van der Waals surface area contributed by atoms with Crippen molar-refractivity contribution in [3.63, 3.8) is 0 Å². The van der Waals surface area contributed by atoms with Crippen molar-refractivity contribution >= 4 is 39.7 Å². The van der Waals surface area contributed by atoms with E-state index in [4.69, 9.17) is 0 Å². The number of esters is 1. The van der Waals surface area contributed by atoms with Gasteiger partial charge in [0.15, 0.2) is 5.41 Å². The molecular formula is C20H14BrF2NO6. The van der Waals surface area contributed by atoms with Crippen LogP contribution in [-0.2, 0) is 31.1 Å². The predicted molar refractivity (Wildman–Crippen MR) is 101 cm³/mol. The van der Waals surface area contributed by atoms with Crippen LogP contribution in [0.5, 0.6) is 0 Å². The molecule has 0 saturated heterocycles. The molecule has 2 amide bonds. The standard InChI is InChI=1S/C20H14BrF2NO6/c1-30-19(29)20(8-16(25)26)14-7-12(22)4-5-13(14)17(27)24(18(20)28)9-10-2-3-11(21)6-15(10)23/h2-7H,8-9H2,1H3,(H,25,26). The van der Waals surface area contributed by atoms with Gasteiger partial charge in [0, 0.05) is 15.6 Å². The summed E-state index contributed by atoms with van der Waals surface area (Å²) in [6.07, 6.45) is -1.08. The van der Waals surface area contributed by atoms with E-state index < -0.39 is 59.3 Å². The number of hydrogen-bond acceptors (Lipinski definition) is 5. The molecule has 2 aromatic carbocycles. The Morgan fingerprint density at radius 3 is 2.47 bits per heavy atom. The number of methoxy groups -OCH3 is 1. The third-order valence-electron chi connectivity index (χ3n) is 4.82. The van der Waals surface area contributed by atoms with Crippen LogP contribution in [0.3, 0.4) is 0 Å². The highest BCUT2D eigenvalue weighted by atomic mass is 79.9. The molecule has 1 aliphatic rings. The van der Waals surface area contributed by atoms with E-state index in [1.165, 1.54) is 12.1 Å². The van der Waals surface area contributed by atoms with Crippen LogP contribution in [0.4, 0.5) is 8.78 Å². The lowest BCUT2D eigenvalue weighted by molar-refractivity contribution is -0.161. The molecule has 0 saturated carbocycles. The molecule has 0 spiro atoms. The summed E-state index contributed by atoms with van der Waals surface area (Å²) in [5.74, 6) is -6.56. The van der Waals surface area contributed by atoms with E-state index in [1.807, 2.05) is 0 Å². The molecular weight excluding hydrogens is 468 g/mol. The molecule has 0 aromatic heterocycles. The van der Waals surface area contributed by atoms with Gasteiger partial charge in [0.2, 0.25) is 0 Å². The van der Waals surface area contributed by atoms with Gasteiger partial charge in [0.25, 0.3) is 11.8 Å². The number of rotatable bonds is 5. The number of carbonyl (C=O) groups is 4. The maximum Gasteiger partial charge on any atom is 0.326 e. The molecule has 0 aliphatic carbocycles. The van der Waals surface area contributed by atoms with E-state index in [0.717, 1.165) is 31.4 Å². The van der Waals surface area contributed by atoms with Crippen LogP contribution in [0.1, 0.15) is 27.9 Å². The zero-order valence-electron chi connectivity index (χ0n) is 15.4. The SMILES string of the molecule is COC(=O)C1(CC(=O)O)C(=O)N(Cc2ccc(Br)cc2F)C(=O)c2ccc(F)cc21. The molecule has 1 aliphatic heterocycles. The summed E-state index contributed by atoms with van der Waals surface area (Å²) in [6, 6.07) is 6.70. The number of carboxylic acids is 1. The fourth-order valence-electron chi connectivity index (χ4n) is 3.44. The van der Waals surface area contributed by atoms with Gasteiger partial charge >= 0.3 is 11.9 Å². The second kappa shape index (κ2) is 7.94. The molecule has 1 unspecified atom stereocenters. The Labute approximate surface area is 177 Å². The maximum absolute atomic E-state index is 14.3. The van der Waals surface area contributed by atoms with E-state index in [9.17, 15) is 33.1 Å². The number of fused-ring (bicyclic) bond motifs is 1. The zero-order chi connectivity index (χ0) is 22.2. The molecule has 2 aromatic rings. The molecule has 0 fully saturated rings. The first kappa shape index (κ1) is 21.6. The highest BCUT2D eigenvalue weighted by Crippen LogP contribution is 2.40. The lowest BCUT2D eigenvalue weighted by Gasteiger charge is -2.39. The van der Waals surface area contributed by atoms with Crippen molar-refractivity contribution in [1.82, 2.24) is 4.90 Å². The highest BCUT2D eigenvalue weighted by molar-refractivity contribution is 9.10. The van der Waals surface area contributed by atoms with Crippen LogP contribution in [0.25, 0.3) is 0 Å². The number of amides is 2. The van der Waals surface area contributed by atoms with Gasteiger partial charge in [-0.15, -0.1) is 0 Å². The third kappa shape index (κ3) is 3.47. The average molecular weight is 482 g/mol. The molecule has 7 nitrogen and oxygen atoms in total. The Hall–Kier alpha value is -3.14. The van der Waals surface area contributed by atoms with E-state index in [0.29, 0.717) is 9.37 Å². The fraction of sp³-hybridized carbons (Fsp3) is 0.200. The first-order valence-electron chi connectivity index (χ1n) is 8.52. The van der Waals surface area contributed by atoms with Crippen molar-refractivity contribution in [2.45, 2.75) is 18.4 Å². The number of ether oxygens (including phenoxy) is 1. The number of nitrogens with zero attached hydrogens (tertiary/aromatic N) is 1. The second-order valence-corrected chi connectivity index (χ2v) is 7.51. The van der Waals surface area contributed by atoms with Gasteiger partial charge in [-0.2, -0.15) is 0 Å². The molecule has 0 radical (unpaired) electrons. The molecule has 10 heteroatoms. The van der Waals surface area contributed by atoms with E-state index in [1.54, 1.807) is 0 Å². The number of halogens is 3. The summed E-state index contributed by atoms with van der Waals surface area (Å²) in [7, 11) is 0.938. The minimum absolute atomic E-state index is 0.0421. The number of hydrogen-bond donors (Lipinski definition) is 1. The molecule has 0 bridgehead atoms. The van der Waals surface area contributed by atoms with Gasteiger partial charge in [-0.05, 0) is 35.9 Å². The van der Waals surface area contributed by atoms with Gasteiger partial charge < -0.3 is 9.84 Å². The van der Waals surface area contributed by atoms with E-state index in [2.05, 4.69) is 20.7 Å². The summed E-state index contributed by atoms with van der Waals surface area (Å²) < 4.78 is 33.4. The number of carboxylic acid groups (broad SMARTS) is 1. The zero-order valence-corrected chi connectivity index (χ0v) is 17.0. The molecule has 1 N–H and O–H groups in total. The van der Waals surface area contributed by atoms with Crippen LogP contribution < -0.4 is 0 Å². The van der Waals surface area contributed by atoms with Crippen molar-refractivity contribution < 1.29 is 37.8 Å². The average Bonchev–Trinajstić information content (AvgIpc) is 2.69. The van der Waals surface area contributed by atoms with Gasteiger partial charge in [0.05, 0.1) is 20.1 Å². The highest BCUT2D eigenvalue weighted by Gasteiger charge is 2.58. The van der Waals surface area contributed by atoms with Crippen LogP contribution in [-0.4, -0.2) is 40.9 Å². The summed E-state index contributed by atoms with van der Waals surface area (Å²) in [4.78, 5) is 51.1. The topological polar surface area (TPSA) is 101 Å². The van der Waals surface area contributed by atoms with Gasteiger partial charge in [-0.3, -0.25) is 24.1 Å². The van der Waals surface area contributed by atoms with Crippen molar-refractivity contribution in [3.05, 3.63) is 69.2 Å². The van der Waals surface area contributed by atoms with Crippen LogP contribution in [0, 0.1) is 11.6 Å². The Morgan fingerprint density at radius 1 is 1.17 bits per heavy atom. The van der Waals surface area contributed by atoms with Crippen molar-refractivity contribution in [3.8, 4) is 0 Å². The van der Waals surface area contributed by atoms with Gasteiger partial charge in [-0.1, -0.05) is 22.0 Å². The van der Waals surface area contributed by atoms with Gasteiger partial charge in [-0.25, -0.2) is 8.78 Å². The molecule has 1 atom stereocenters. The van der Waals surface area contributed by atoms with Crippen molar-refractivity contribution in [1.29, 1.82) is 0 Å². The lowest BCUT2D eigenvalue weighted by Crippen LogP contribution is -2.59. The van der Waals surface area contributed by atoms with E-state index >= 15 is 0 Å².